The molecule has 0 aromatic heterocycles. The number of halogens is 1. The minimum absolute atomic E-state index is 0. The standard InChI is InChI=1S/C19H29N3O.ClH/c1-2-12-22(18-8-10-20-11-9-18)14-19(23)21-17-7-6-15-4-3-5-16(15)13-17;/h6-7,13,18,20H,2-5,8-12,14H2,1H3,(H,21,23);1H. The zero-order valence-corrected chi connectivity index (χ0v) is 15.5. The molecule has 0 unspecified atom stereocenters. The van der Waals surface area contributed by atoms with Crippen LogP contribution in [-0.4, -0.2) is 43.0 Å². The second kappa shape index (κ2) is 9.40. The molecular weight excluding hydrogens is 322 g/mol. The van der Waals surface area contributed by atoms with Gasteiger partial charge < -0.3 is 10.6 Å². The fourth-order valence-electron chi connectivity index (χ4n) is 3.88. The first-order valence-electron chi connectivity index (χ1n) is 9.12. The van der Waals surface area contributed by atoms with Crippen LogP contribution in [-0.2, 0) is 17.6 Å². The Balaban J connectivity index is 0.00000208. The number of carbonyl (C=O) groups is 1. The van der Waals surface area contributed by atoms with Gasteiger partial charge in [0.1, 0.15) is 0 Å². The van der Waals surface area contributed by atoms with Crippen LogP contribution in [0.15, 0.2) is 18.2 Å². The van der Waals surface area contributed by atoms with E-state index in [0.29, 0.717) is 12.6 Å². The molecule has 1 amide bonds. The second-order valence-electron chi connectivity index (χ2n) is 6.84. The summed E-state index contributed by atoms with van der Waals surface area (Å²) in [5.74, 6) is 0.120. The maximum absolute atomic E-state index is 12.5. The third-order valence-electron chi connectivity index (χ3n) is 5.06. The number of benzene rings is 1. The highest BCUT2D eigenvalue weighted by Gasteiger charge is 2.22. The van der Waals surface area contributed by atoms with Crippen LogP contribution in [0, 0.1) is 0 Å². The number of piperidine rings is 1. The van der Waals surface area contributed by atoms with Crippen molar-refractivity contribution in [1.82, 2.24) is 10.2 Å². The average Bonchev–Trinajstić information content (AvgIpc) is 3.03. The summed E-state index contributed by atoms with van der Waals surface area (Å²) in [5, 5.41) is 6.50. The second-order valence-corrected chi connectivity index (χ2v) is 6.84. The first-order chi connectivity index (χ1) is 11.3. The summed E-state index contributed by atoms with van der Waals surface area (Å²) in [6.07, 6.45) is 6.96. The molecule has 0 atom stereocenters. The number of hydrogen-bond donors (Lipinski definition) is 2. The van der Waals surface area contributed by atoms with Crippen LogP contribution >= 0.6 is 12.4 Å². The van der Waals surface area contributed by atoms with Crippen molar-refractivity contribution in [3.8, 4) is 0 Å². The lowest BCUT2D eigenvalue weighted by Gasteiger charge is -2.34. The normalized spacial score (nSPS) is 17.4. The van der Waals surface area contributed by atoms with Crippen molar-refractivity contribution in [2.45, 2.75) is 51.5 Å². The Kier molecular flexibility index (Phi) is 7.53. The number of nitrogens with one attached hydrogen (secondary N) is 2. The molecule has 1 saturated heterocycles. The minimum atomic E-state index is 0. The van der Waals surface area contributed by atoms with E-state index >= 15 is 0 Å². The van der Waals surface area contributed by atoms with Gasteiger partial charge in [0.15, 0.2) is 0 Å². The fraction of sp³-hybridized carbons (Fsp3) is 0.632. The van der Waals surface area contributed by atoms with Crippen molar-refractivity contribution in [2.75, 3.05) is 31.5 Å². The van der Waals surface area contributed by atoms with Crippen LogP contribution in [0.25, 0.3) is 0 Å². The average molecular weight is 352 g/mol. The van der Waals surface area contributed by atoms with Gasteiger partial charge >= 0.3 is 0 Å². The van der Waals surface area contributed by atoms with Crippen molar-refractivity contribution in [2.24, 2.45) is 0 Å². The molecule has 1 heterocycles. The van der Waals surface area contributed by atoms with E-state index in [1.165, 1.54) is 24.0 Å². The quantitative estimate of drug-likeness (QED) is 0.828. The molecule has 134 valence electrons. The first-order valence-corrected chi connectivity index (χ1v) is 9.12. The van der Waals surface area contributed by atoms with Gasteiger partial charge in [0, 0.05) is 11.7 Å². The maximum atomic E-state index is 12.5. The van der Waals surface area contributed by atoms with E-state index < -0.39 is 0 Å². The lowest BCUT2D eigenvalue weighted by Crippen LogP contribution is -2.46. The summed E-state index contributed by atoms with van der Waals surface area (Å²) < 4.78 is 0. The molecule has 1 aromatic rings. The third-order valence-corrected chi connectivity index (χ3v) is 5.06. The van der Waals surface area contributed by atoms with E-state index in [0.717, 1.165) is 51.0 Å². The third kappa shape index (κ3) is 4.95. The van der Waals surface area contributed by atoms with Gasteiger partial charge in [-0.2, -0.15) is 0 Å². The Labute approximate surface area is 151 Å². The number of nitrogens with zero attached hydrogens (tertiary/aromatic N) is 1. The Hall–Kier alpha value is -1.10. The number of aryl methyl sites for hydroxylation is 2. The van der Waals surface area contributed by atoms with Crippen LogP contribution in [0.2, 0.25) is 0 Å². The van der Waals surface area contributed by atoms with E-state index in [-0.39, 0.29) is 18.3 Å². The van der Waals surface area contributed by atoms with Gasteiger partial charge in [0.05, 0.1) is 6.54 Å². The number of hydrogen-bond acceptors (Lipinski definition) is 3. The molecule has 3 rings (SSSR count). The van der Waals surface area contributed by atoms with Crippen LogP contribution < -0.4 is 10.6 Å². The zero-order chi connectivity index (χ0) is 16.1. The predicted molar refractivity (Wildman–Crippen MR) is 102 cm³/mol. The molecule has 0 saturated carbocycles. The highest BCUT2D eigenvalue weighted by atomic mass is 35.5. The molecule has 1 aliphatic heterocycles. The molecule has 5 heteroatoms. The summed E-state index contributed by atoms with van der Waals surface area (Å²) in [4.78, 5) is 14.8. The molecule has 4 nitrogen and oxygen atoms in total. The largest absolute Gasteiger partial charge is 0.325 e. The lowest BCUT2D eigenvalue weighted by atomic mass is 10.0. The topological polar surface area (TPSA) is 44.4 Å². The number of anilines is 1. The van der Waals surface area contributed by atoms with Crippen LogP contribution in [0.4, 0.5) is 5.69 Å². The SMILES string of the molecule is CCCN(CC(=O)Nc1ccc2c(c1)CCC2)C1CCNCC1.Cl. The van der Waals surface area contributed by atoms with Gasteiger partial charge in [-0.25, -0.2) is 0 Å². The van der Waals surface area contributed by atoms with Crippen molar-refractivity contribution in [1.29, 1.82) is 0 Å². The molecule has 1 fully saturated rings. The predicted octanol–water partition coefficient (Wildman–Crippen LogP) is 3.00. The number of amides is 1. The summed E-state index contributed by atoms with van der Waals surface area (Å²) in [6, 6.07) is 6.93. The number of rotatable bonds is 6. The molecule has 2 aliphatic rings. The molecule has 1 aromatic carbocycles. The smallest absolute Gasteiger partial charge is 0.238 e. The maximum Gasteiger partial charge on any atom is 0.238 e. The fourth-order valence-corrected chi connectivity index (χ4v) is 3.88. The molecular formula is C19H30ClN3O. The van der Waals surface area contributed by atoms with Crippen molar-refractivity contribution in [3.05, 3.63) is 29.3 Å². The zero-order valence-electron chi connectivity index (χ0n) is 14.6. The van der Waals surface area contributed by atoms with Crippen molar-refractivity contribution >= 4 is 24.0 Å². The first kappa shape index (κ1) is 19.2. The van der Waals surface area contributed by atoms with Gasteiger partial charge in [-0.15, -0.1) is 12.4 Å². The molecule has 2 N–H and O–H groups in total. The molecule has 0 spiro atoms. The van der Waals surface area contributed by atoms with E-state index in [9.17, 15) is 4.79 Å². The highest BCUT2D eigenvalue weighted by Crippen LogP contribution is 2.25. The Morgan fingerprint density at radius 2 is 2.00 bits per heavy atom. The Morgan fingerprint density at radius 1 is 1.25 bits per heavy atom. The van der Waals surface area contributed by atoms with E-state index in [1.807, 2.05) is 0 Å². The van der Waals surface area contributed by atoms with Crippen LogP contribution in [0.5, 0.6) is 0 Å². The highest BCUT2D eigenvalue weighted by molar-refractivity contribution is 5.92. The monoisotopic (exact) mass is 351 g/mol. The molecule has 0 bridgehead atoms. The van der Waals surface area contributed by atoms with E-state index in [2.05, 4.69) is 40.7 Å². The van der Waals surface area contributed by atoms with Crippen LogP contribution in [0.3, 0.4) is 0 Å². The van der Waals surface area contributed by atoms with Crippen molar-refractivity contribution in [3.63, 3.8) is 0 Å². The van der Waals surface area contributed by atoms with Crippen molar-refractivity contribution < 1.29 is 4.79 Å². The van der Waals surface area contributed by atoms with E-state index in [1.54, 1.807) is 0 Å². The molecule has 1 aliphatic carbocycles. The summed E-state index contributed by atoms with van der Waals surface area (Å²) in [7, 11) is 0. The number of fused-ring (bicyclic) bond motifs is 1. The van der Waals surface area contributed by atoms with Gasteiger partial charge in [-0.05, 0) is 81.4 Å². The Bertz CT molecular complexity index is 543. The van der Waals surface area contributed by atoms with Gasteiger partial charge in [0.2, 0.25) is 5.91 Å². The summed E-state index contributed by atoms with van der Waals surface area (Å²) >= 11 is 0. The summed E-state index contributed by atoms with van der Waals surface area (Å²) in [5.41, 5.74) is 3.81. The molecule has 0 radical (unpaired) electrons. The number of carbonyl (C=O) groups excluding carboxylic acids is 1. The summed E-state index contributed by atoms with van der Waals surface area (Å²) in [6.45, 7) is 5.83. The van der Waals surface area contributed by atoms with Gasteiger partial charge in [-0.3, -0.25) is 9.69 Å². The molecule has 24 heavy (non-hydrogen) atoms. The lowest BCUT2D eigenvalue weighted by molar-refractivity contribution is -0.118. The van der Waals surface area contributed by atoms with Gasteiger partial charge in [0.25, 0.3) is 0 Å². The van der Waals surface area contributed by atoms with Crippen LogP contribution in [0.1, 0.15) is 43.7 Å². The van der Waals surface area contributed by atoms with E-state index in [4.69, 9.17) is 0 Å². The Morgan fingerprint density at radius 3 is 2.75 bits per heavy atom. The van der Waals surface area contributed by atoms with Gasteiger partial charge in [-0.1, -0.05) is 13.0 Å². The minimum Gasteiger partial charge on any atom is -0.325 e.